The van der Waals surface area contributed by atoms with Crippen LogP contribution in [0.25, 0.3) is 17.1 Å². The summed E-state index contributed by atoms with van der Waals surface area (Å²) >= 11 is 0. The molecule has 1 atom stereocenters. The van der Waals surface area contributed by atoms with Gasteiger partial charge >= 0.3 is 0 Å². The lowest BCUT2D eigenvalue weighted by Gasteiger charge is -2.19. The molecular weight excluding hydrogens is 326 g/mol. The lowest BCUT2D eigenvalue weighted by molar-refractivity contribution is -0.117. The fourth-order valence-corrected chi connectivity index (χ4v) is 2.79. The number of carbonyl (C=O) groups excluding carboxylic acids is 1. The Morgan fingerprint density at radius 1 is 1.19 bits per heavy atom. The Morgan fingerprint density at radius 2 is 2.00 bits per heavy atom. The van der Waals surface area contributed by atoms with E-state index in [1.54, 1.807) is 13.2 Å². The molecule has 5 heteroatoms. The Bertz CT molecular complexity index is 895. The van der Waals surface area contributed by atoms with E-state index in [-0.39, 0.29) is 17.9 Å². The van der Waals surface area contributed by atoms with Gasteiger partial charge in [-0.05, 0) is 41.8 Å². The van der Waals surface area contributed by atoms with Gasteiger partial charge in [0.2, 0.25) is 5.91 Å². The van der Waals surface area contributed by atoms with E-state index in [0.29, 0.717) is 0 Å². The van der Waals surface area contributed by atoms with E-state index in [1.807, 2.05) is 48.5 Å². The zero-order chi connectivity index (χ0) is 18.5. The van der Waals surface area contributed by atoms with Gasteiger partial charge in [0.25, 0.3) is 0 Å². The zero-order valence-electron chi connectivity index (χ0n) is 15.2. The molecule has 2 aromatic carbocycles. The van der Waals surface area contributed by atoms with Gasteiger partial charge in [0.05, 0.1) is 24.2 Å². The molecule has 1 unspecified atom stereocenters. The summed E-state index contributed by atoms with van der Waals surface area (Å²) in [5.41, 5.74) is 2.77. The van der Waals surface area contributed by atoms with Crippen LogP contribution in [0.2, 0.25) is 0 Å². The smallest absolute Gasteiger partial charge is 0.244 e. The molecule has 0 radical (unpaired) electrons. The van der Waals surface area contributed by atoms with Crippen molar-refractivity contribution in [2.45, 2.75) is 19.9 Å². The molecule has 0 bridgehead atoms. The monoisotopic (exact) mass is 349 g/mol. The van der Waals surface area contributed by atoms with Crippen molar-refractivity contribution in [2.24, 2.45) is 5.92 Å². The second-order valence-electron chi connectivity index (χ2n) is 6.48. The number of ether oxygens (including phenoxy) is 1. The first kappa shape index (κ1) is 17.7. The lowest BCUT2D eigenvalue weighted by atomic mass is 10.0. The van der Waals surface area contributed by atoms with Gasteiger partial charge in [0.1, 0.15) is 11.6 Å². The number of fused-ring (bicyclic) bond motifs is 1. The van der Waals surface area contributed by atoms with Crippen LogP contribution < -0.4 is 10.1 Å². The Kier molecular flexibility index (Phi) is 5.37. The highest BCUT2D eigenvalue weighted by molar-refractivity contribution is 5.92. The number of methoxy groups -OCH3 is 1. The lowest BCUT2D eigenvalue weighted by Crippen LogP contribution is -2.31. The maximum atomic E-state index is 12.4. The molecule has 1 aromatic heterocycles. The van der Waals surface area contributed by atoms with E-state index < -0.39 is 0 Å². The van der Waals surface area contributed by atoms with E-state index in [1.165, 1.54) is 6.08 Å². The van der Waals surface area contributed by atoms with Crippen LogP contribution in [0.15, 0.2) is 54.6 Å². The molecule has 26 heavy (non-hydrogen) atoms. The van der Waals surface area contributed by atoms with Crippen molar-refractivity contribution in [2.75, 3.05) is 7.11 Å². The molecule has 1 heterocycles. The molecule has 134 valence electrons. The number of amides is 1. The van der Waals surface area contributed by atoms with Crippen molar-refractivity contribution < 1.29 is 9.53 Å². The topological polar surface area (TPSA) is 67.0 Å². The van der Waals surface area contributed by atoms with Crippen molar-refractivity contribution >= 4 is 23.0 Å². The number of nitrogens with zero attached hydrogens (tertiary/aromatic N) is 1. The first-order valence-corrected chi connectivity index (χ1v) is 8.64. The minimum atomic E-state index is -0.190. The molecule has 3 aromatic rings. The highest BCUT2D eigenvalue weighted by atomic mass is 16.5. The molecule has 0 fully saturated rings. The molecule has 3 rings (SSSR count). The molecule has 1 amide bonds. The van der Waals surface area contributed by atoms with Crippen LogP contribution in [0, 0.1) is 5.92 Å². The van der Waals surface area contributed by atoms with Gasteiger partial charge in [-0.15, -0.1) is 0 Å². The van der Waals surface area contributed by atoms with E-state index in [0.717, 1.165) is 28.2 Å². The Morgan fingerprint density at radius 3 is 2.73 bits per heavy atom. The van der Waals surface area contributed by atoms with Gasteiger partial charge in [0.15, 0.2) is 0 Å². The molecule has 5 nitrogen and oxygen atoms in total. The molecule has 0 saturated carbocycles. The number of aromatic amines is 1. The maximum Gasteiger partial charge on any atom is 0.244 e. The third-order valence-corrected chi connectivity index (χ3v) is 4.19. The third-order valence-electron chi connectivity index (χ3n) is 4.19. The molecule has 0 aliphatic rings. The largest absolute Gasteiger partial charge is 0.497 e. The molecular formula is C21H23N3O2. The average molecular weight is 349 g/mol. The van der Waals surface area contributed by atoms with Gasteiger partial charge in [0, 0.05) is 6.08 Å². The number of carbonyl (C=O) groups is 1. The Balaban J connectivity index is 1.75. The number of hydrogen-bond acceptors (Lipinski definition) is 3. The van der Waals surface area contributed by atoms with Crippen LogP contribution in [0.4, 0.5) is 0 Å². The van der Waals surface area contributed by atoms with Crippen LogP contribution >= 0.6 is 0 Å². The summed E-state index contributed by atoms with van der Waals surface area (Å²) in [4.78, 5) is 20.3. The van der Waals surface area contributed by atoms with Crippen molar-refractivity contribution in [1.82, 2.24) is 15.3 Å². The average Bonchev–Trinajstić information content (AvgIpc) is 3.08. The normalized spacial score (nSPS) is 12.6. The highest BCUT2D eigenvalue weighted by Gasteiger charge is 2.20. The van der Waals surface area contributed by atoms with Crippen LogP contribution in [-0.2, 0) is 4.79 Å². The van der Waals surface area contributed by atoms with Gasteiger partial charge < -0.3 is 15.0 Å². The highest BCUT2D eigenvalue weighted by Crippen LogP contribution is 2.22. The Hall–Kier alpha value is -3.08. The van der Waals surface area contributed by atoms with Gasteiger partial charge in [-0.25, -0.2) is 4.98 Å². The Labute approximate surface area is 153 Å². The molecule has 0 aliphatic heterocycles. The number of nitrogens with one attached hydrogen (secondary N) is 2. The van der Waals surface area contributed by atoms with E-state index in [2.05, 4.69) is 29.1 Å². The molecule has 0 spiro atoms. The summed E-state index contributed by atoms with van der Waals surface area (Å²) in [5, 5.41) is 3.04. The first-order valence-electron chi connectivity index (χ1n) is 8.64. The number of aromatic nitrogens is 2. The summed E-state index contributed by atoms with van der Waals surface area (Å²) in [5.74, 6) is 1.57. The summed E-state index contributed by atoms with van der Waals surface area (Å²) in [6, 6.07) is 15.2. The standard InChI is InChI=1S/C21H23N3O2/c1-14(2)20(21-22-17-9-4-5-10-18(17)23-21)24-19(25)12-11-15-7-6-8-16(13-15)26-3/h4-14,20H,1-3H3,(H,22,23)(H,24,25). The molecule has 0 saturated heterocycles. The van der Waals surface area contributed by atoms with Crippen molar-refractivity contribution in [3.8, 4) is 5.75 Å². The van der Waals surface area contributed by atoms with Crippen molar-refractivity contribution in [3.05, 3.63) is 66.0 Å². The second-order valence-corrected chi connectivity index (χ2v) is 6.48. The minimum Gasteiger partial charge on any atom is -0.497 e. The van der Waals surface area contributed by atoms with Crippen LogP contribution in [0.1, 0.15) is 31.3 Å². The number of H-pyrrole nitrogens is 1. The van der Waals surface area contributed by atoms with E-state index in [4.69, 9.17) is 4.74 Å². The maximum absolute atomic E-state index is 12.4. The first-order chi connectivity index (χ1) is 12.6. The van der Waals surface area contributed by atoms with Crippen molar-refractivity contribution in [3.63, 3.8) is 0 Å². The number of rotatable bonds is 6. The number of imidazole rings is 1. The fourth-order valence-electron chi connectivity index (χ4n) is 2.79. The van der Waals surface area contributed by atoms with Gasteiger partial charge in [-0.2, -0.15) is 0 Å². The number of para-hydroxylation sites is 2. The zero-order valence-corrected chi connectivity index (χ0v) is 15.2. The second kappa shape index (κ2) is 7.87. The van der Waals surface area contributed by atoms with Gasteiger partial charge in [-0.3, -0.25) is 4.79 Å². The minimum absolute atomic E-state index is 0.160. The summed E-state index contributed by atoms with van der Waals surface area (Å²) in [6.07, 6.45) is 3.31. The number of benzene rings is 2. The predicted octanol–water partition coefficient (Wildman–Crippen LogP) is 4.10. The third kappa shape index (κ3) is 4.11. The predicted molar refractivity (Wildman–Crippen MR) is 104 cm³/mol. The van der Waals surface area contributed by atoms with Crippen molar-refractivity contribution in [1.29, 1.82) is 0 Å². The van der Waals surface area contributed by atoms with Crippen LogP contribution in [-0.4, -0.2) is 23.0 Å². The summed E-state index contributed by atoms with van der Waals surface area (Å²) in [7, 11) is 1.62. The fraction of sp³-hybridized carbons (Fsp3) is 0.238. The van der Waals surface area contributed by atoms with E-state index in [9.17, 15) is 4.79 Å². The summed E-state index contributed by atoms with van der Waals surface area (Å²) < 4.78 is 5.20. The van der Waals surface area contributed by atoms with E-state index >= 15 is 0 Å². The van der Waals surface area contributed by atoms with Gasteiger partial charge in [-0.1, -0.05) is 38.1 Å². The molecule has 0 aliphatic carbocycles. The van der Waals surface area contributed by atoms with Crippen LogP contribution in [0.5, 0.6) is 5.75 Å². The SMILES string of the molecule is COc1cccc(C=CC(=O)NC(c2nc3ccccc3[nH]2)C(C)C)c1. The number of hydrogen-bond donors (Lipinski definition) is 2. The summed E-state index contributed by atoms with van der Waals surface area (Å²) in [6.45, 7) is 4.12. The molecule has 2 N–H and O–H groups in total. The quantitative estimate of drug-likeness (QED) is 0.659. The van der Waals surface area contributed by atoms with Crippen LogP contribution in [0.3, 0.4) is 0 Å².